The number of rotatable bonds is 4. The van der Waals surface area contributed by atoms with Crippen LogP contribution < -0.4 is 4.57 Å². The predicted octanol–water partition coefficient (Wildman–Crippen LogP) is 9.12. The highest BCUT2D eigenvalue weighted by molar-refractivity contribution is 6.50. The van der Waals surface area contributed by atoms with Crippen LogP contribution in [-0.4, -0.2) is 12.4 Å². The fourth-order valence-electron chi connectivity index (χ4n) is 4.75. The van der Waals surface area contributed by atoms with Crippen molar-refractivity contribution in [2.24, 2.45) is 0 Å². The molecule has 198 valence electrons. The van der Waals surface area contributed by atoms with Gasteiger partial charge >= 0.3 is 7.25 Å². The summed E-state index contributed by atoms with van der Waals surface area (Å²) >= 11 is 0. The molecule has 0 atom stereocenters. The maximum Gasteiger partial charge on any atom is 0.673 e. The Morgan fingerprint density at radius 1 is 0.475 bits per heavy atom. The lowest BCUT2D eigenvalue weighted by atomic mass is 9.97. The number of aromatic hydroxyl groups is 1. The molecule has 7 heteroatoms. The Hall–Kier alpha value is -4.91. The van der Waals surface area contributed by atoms with E-state index in [4.69, 9.17) is 0 Å². The van der Waals surface area contributed by atoms with Gasteiger partial charge in [0.05, 0.1) is 5.39 Å². The Labute approximate surface area is 229 Å². The molecule has 1 heterocycles. The Balaban J connectivity index is 0.000000595. The first-order valence-corrected chi connectivity index (χ1v) is 12.6. The van der Waals surface area contributed by atoms with Crippen LogP contribution in [0.2, 0.25) is 0 Å². The molecule has 0 unspecified atom stereocenters. The third-order valence-corrected chi connectivity index (χ3v) is 6.42. The van der Waals surface area contributed by atoms with Gasteiger partial charge in [-0.15, -0.1) is 4.57 Å². The van der Waals surface area contributed by atoms with Gasteiger partial charge in [0.2, 0.25) is 11.4 Å². The molecule has 0 saturated heterocycles. The topological polar surface area (TPSA) is 24.1 Å². The number of hydrogen-bond donors (Lipinski definition) is 1. The van der Waals surface area contributed by atoms with E-state index in [1.54, 1.807) is 6.07 Å². The summed E-state index contributed by atoms with van der Waals surface area (Å²) in [6.07, 6.45) is 0. The van der Waals surface area contributed by atoms with Crippen molar-refractivity contribution in [3.8, 4) is 45.1 Å². The fraction of sp³-hybridized carbons (Fsp3) is 0. The van der Waals surface area contributed by atoms with Crippen LogP contribution in [0, 0.1) is 0 Å². The van der Waals surface area contributed by atoms with Crippen LogP contribution in [-0.2, 0) is 0 Å². The van der Waals surface area contributed by atoms with Crippen LogP contribution in [0.5, 0.6) is 5.75 Å². The summed E-state index contributed by atoms with van der Waals surface area (Å²) in [6, 6.07) is 47.6. The number of phenolic OH excluding ortho intramolecular Hbond substituents is 1. The number of fused-ring (bicyclic) bond motifs is 1. The second-order valence-corrected chi connectivity index (χ2v) is 9.10. The first-order valence-electron chi connectivity index (χ1n) is 12.6. The molecule has 0 aliphatic carbocycles. The van der Waals surface area contributed by atoms with Gasteiger partial charge in [-0.1, -0.05) is 91.0 Å². The summed E-state index contributed by atoms with van der Waals surface area (Å²) < 4.78 is 41.2. The number of nitrogens with zero attached hydrogens (tertiary/aromatic N) is 1. The van der Waals surface area contributed by atoms with Crippen molar-refractivity contribution in [3.63, 3.8) is 0 Å². The van der Waals surface area contributed by atoms with Gasteiger partial charge < -0.3 is 22.4 Å². The van der Waals surface area contributed by atoms with Crippen molar-refractivity contribution in [3.05, 3.63) is 140 Å². The van der Waals surface area contributed by atoms with Crippen LogP contribution in [0.4, 0.5) is 17.3 Å². The largest absolute Gasteiger partial charge is 0.673 e. The van der Waals surface area contributed by atoms with Crippen LogP contribution >= 0.6 is 0 Å². The molecular formula is C33H24BF4NO. The summed E-state index contributed by atoms with van der Waals surface area (Å²) in [6.45, 7) is 0. The number of aromatic nitrogens is 1. The van der Waals surface area contributed by atoms with Gasteiger partial charge in [-0.2, -0.15) is 0 Å². The number of halogens is 4. The lowest BCUT2D eigenvalue weighted by Crippen LogP contribution is -2.36. The van der Waals surface area contributed by atoms with E-state index in [1.807, 2.05) is 36.4 Å². The number of pyridine rings is 1. The van der Waals surface area contributed by atoms with Gasteiger partial charge in [-0.25, -0.2) is 0 Å². The molecule has 1 N–H and O–H groups in total. The maximum absolute atomic E-state index is 11.3. The Bertz CT molecular complexity index is 1680. The summed E-state index contributed by atoms with van der Waals surface area (Å²) in [7, 11) is -6.00. The first kappa shape index (κ1) is 26.7. The van der Waals surface area contributed by atoms with Crippen LogP contribution in [0.1, 0.15) is 0 Å². The van der Waals surface area contributed by atoms with E-state index in [2.05, 4.69) is 102 Å². The highest BCUT2D eigenvalue weighted by atomic mass is 19.5. The molecule has 2 nitrogen and oxygen atoms in total. The third kappa shape index (κ3) is 6.05. The van der Waals surface area contributed by atoms with Crippen molar-refractivity contribution in [2.75, 3.05) is 0 Å². The van der Waals surface area contributed by atoms with Crippen molar-refractivity contribution in [2.45, 2.75) is 0 Å². The van der Waals surface area contributed by atoms with E-state index in [0.29, 0.717) is 0 Å². The molecule has 0 aliphatic rings. The number of benzene rings is 5. The van der Waals surface area contributed by atoms with E-state index in [0.717, 1.165) is 50.1 Å². The van der Waals surface area contributed by atoms with Gasteiger partial charge in [0, 0.05) is 23.3 Å². The quantitative estimate of drug-likeness (QED) is 0.135. The molecule has 0 saturated carbocycles. The first-order chi connectivity index (χ1) is 19.3. The molecule has 5 aromatic carbocycles. The van der Waals surface area contributed by atoms with Gasteiger partial charge in [0.15, 0.2) is 5.75 Å². The number of phenols is 1. The lowest BCUT2D eigenvalue weighted by molar-refractivity contribution is -0.570. The molecule has 6 aromatic rings. The predicted molar refractivity (Wildman–Crippen MR) is 154 cm³/mol. The van der Waals surface area contributed by atoms with E-state index < -0.39 is 7.25 Å². The SMILES string of the molecule is F[B-](F)(F)F.Oc1ccc2ccccc2c1-[n+]1c(-c2ccccc2)cc(-c2ccccc2)cc1-c1ccccc1. The van der Waals surface area contributed by atoms with Crippen LogP contribution in [0.25, 0.3) is 50.1 Å². The average molecular weight is 537 g/mol. The molecule has 0 bridgehead atoms. The van der Waals surface area contributed by atoms with Gasteiger partial charge in [-0.05, 0) is 52.9 Å². The molecule has 0 fully saturated rings. The third-order valence-electron chi connectivity index (χ3n) is 6.42. The molecule has 1 aromatic heterocycles. The minimum absolute atomic E-state index is 0.246. The smallest absolute Gasteiger partial charge is 0.502 e. The van der Waals surface area contributed by atoms with Crippen molar-refractivity contribution >= 4 is 18.0 Å². The minimum Gasteiger partial charge on any atom is -0.502 e. The Kier molecular flexibility index (Phi) is 7.64. The second-order valence-electron chi connectivity index (χ2n) is 9.10. The highest BCUT2D eigenvalue weighted by Crippen LogP contribution is 2.35. The normalized spacial score (nSPS) is 11.1. The Morgan fingerprint density at radius 3 is 1.40 bits per heavy atom. The van der Waals surface area contributed by atoms with Crippen molar-refractivity contribution < 1.29 is 26.9 Å². The summed E-state index contributed by atoms with van der Waals surface area (Å²) in [5.74, 6) is 0.246. The summed E-state index contributed by atoms with van der Waals surface area (Å²) in [4.78, 5) is 0. The second kappa shape index (κ2) is 11.5. The van der Waals surface area contributed by atoms with Gasteiger partial charge in [0.25, 0.3) is 5.69 Å². The molecular weight excluding hydrogens is 513 g/mol. The molecule has 40 heavy (non-hydrogen) atoms. The van der Waals surface area contributed by atoms with E-state index in [-0.39, 0.29) is 5.75 Å². The molecule has 0 amide bonds. The lowest BCUT2D eigenvalue weighted by Gasteiger charge is -2.14. The van der Waals surface area contributed by atoms with Crippen molar-refractivity contribution in [1.29, 1.82) is 0 Å². The van der Waals surface area contributed by atoms with E-state index >= 15 is 0 Å². The van der Waals surface area contributed by atoms with Crippen LogP contribution in [0.15, 0.2) is 140 Å². The van der Waals surface area contributed by atoms with Crippen molar-refractivity contribution in [1.82, 2.24) is 0 Å². The van der Waals surface area contributed by atoms with Crippen LogP contribution in [0.3, 0.4) is 0 Å². The summed E-state index contributed by atoms with van der Waals surface area (Å²) in [5.41, 5.74) is 7.23. The van der Waals surface area contributed by atoms with E-state index in [9.17, 15) is 22.4 Å². The fourth-order valence-corrected chi connectivity index (χ4v) is 4.75. The summed E-state index contributed by atoms with van der Waals surface area (Å²) in [5, 5.41) is 13.4. The zero-order chi connectivity index (χ0) is 28.1. The number of hydrogen-bond acceptors (Lipinski definition) is 1. The molecule has 0 radical (unpaired) electrons. The molecule has 0 aliphatic heterocycles. The standard InChI is InChI=1S/C33H23NO.BF4/c35-32-21-20-25-14-10-11-19-29(25)33(32)34-30(26-15-6-2-7-16-26)22-28(24-12-4-1-5-13-24)23-31(34)27-17-8-3-9-18-27;2-1(3,4)5/h1-23H;/q;-1/p+1. The maximum atomic E-state index is 11.3. The Morgan fingerprint density at radius 2 is 0.900 bits per heavy atom. The molecule has 0 spiro atoms. The van der Waals surface area contributed by atoms with Gasteiger partial charge in [0.1, 0.15) is 0 Å². The highest BCUT2D eigenvalue weighted by Gasteiger charge is 2.29. The zero-order valence-corrected chi connectivity index (χ0v) is 21.3. The van der Waals surface area contributed by atoms with Gasteiger partial charge in [-0.3, -0.25) is 0 Å². The zero-order valence-electron chi connectivity index (χ0n) is 21.3. The molecule has 6 rings (SSSR count). The van der Waals surface area contributed by atoms with E-state index in [1.165, 1.54) is 0 Å². The minimum atomic E-state index is -6.00. The average Bonchev–Trinajstić information content (AvgIpc) is 2.97. The monoisotopic (exact) mass is 537 g/mol.